The third-order valence-electron chi connectivity index (χ3n) is 1.55. The van der Waals surface area contributed by atoms with Crippen molar-refractivity contribution in [3.63, 3.8) is 0 Å². The summed E-state index contributed by atoms with van der Waals surface area (Å²) in [6.45, 7) is 0.448. The Morgan fingerprint density at radius 1 is 1.83 bits per heavy atom. The minimum Gasteiger partial charge on any atom is -0.348 e. The van der Waals surface area contributed by atoms with Gasteiger partial charge < -0.3 is 15.6 Å². The van der Waals surface area contributed by atoms with Gasteiger partial charge in [-0.25, -0.2) is 4.98 Å². The molecular formula is C7H12N4O. The van der Waals surface area contributed by atoms with E-state index in [1.165, 1.54) is 0 Å². The second-order valence-corrected chi connectivity index (χ2v) is 2.44. The van der Waals surface area contributed by atoms with Crippen molar-refractivity contribution in [1.82, 2.24) is 14.9 Å². The Morgan fingerprint density at radius 3 is 3.08 bits per heavy atom. The summed E-state index contributed by atoms with van der Waals surface area (Å²) in [7, 11) is 1.87. The smallest absolute Gasteiger partial charge is 0.234 e. The summed E-state index contributed by atoms with van der Waals surface area (Å²) >= 11 is 0. The molecule has 0 aliphatic rings. The second-order valence-electron chi connectivity index (χ2n) is 2.44. The monoisotopic (exact) mass is 168 g/mol. The predicted octanol–water partition coefficient (Wildman–Crippen LogP) is -1.00. The van der Waals surface area contributed by atoms with Crippen LogP contribution >= 0.6 is 0 Å². The first-order valence-electron chi connectivity index (χ1n) is 3.67. The number of aromatic nitrogens is 2. The number of nitrogens with zero attached hydrogens (tertiary/aromatic N) is 2. The van der Waals surface area contributed by atoms with E-state index in [1.54, 1.807) is 6.20 Å². The molecule has 0 saturated carbocycles. The van der Waals surface area contributed by atoms with E-state index in [0.717, 1.165) is 5.82 Å². The zero-order valence-corrected chi connectivity index (χ0v) is 6.95. The molecule has 0 aliphatic heterocycles. The molecule has 0 fully saturated rings. The zero-order valence-electron chi connectivity index (χ0n) is 6.95. The van der Waals surface area contributed by atoms with Crippen LogP contribution in [0.4, 0.5) is 0 Å². The molecule has 3 N–H and O–H groups in total. The van der Waals surface area contributed by atoms with E-state index in [9.17, 15) is 4.79 Å². The van der Waals surface area contributed by atoms with Crippen molar-refractivity contribution >= 4 is 5.91 Å². The summed E-state index contributed by atoms with van der Waals surface area (Å²) in [5, 5.41) is 2.63. The lowest BCUT2D eigenvalue weighted by Gasteiger charge is -2.02. The van der Waals surface area contributed by atoms with Crippen LogP contribution in [0.25, 0.3) is 0 Å². The summed E-state index contributed by atoms with van der Waals surface area (Å²) in [6, 6.07) is 0. The summed E-state index contributed by atoms with van der Waals surface area (Å²) < 4.78 is 1.84. The Morgan fingerprint density at radius 2 is 2.58 bits per heavy atom. The fraction of sp³-hybridized carbons (Fsp3) is 0.429. The lowest BCUT2D eigenvalue weighted by atomic mass is 10.5. The van der Waals surface area contributed by atoms with E-state index in [4.69, 9.17) is 5.73 Å². The van der Waals surface area contributed by atoms with Crippen LogP contribution in [0.1, 0.15) is 5.82 Å². The summed E-state index contributed by atoms with van der Waals surface area (Å²) in [6.07, 6.45) is 3.51. The zero-order chi connectivity index (χ0) is 8.97. The van der Waals surface area contributed by atoms with Gasteiger partial charge in [0.15, 0.2) is 0 Å². The topological polar surface area (TPSA) is 72.9 Å². The van der Waals surface area contributed by atoms with Crippen molar-refractivity contribution in [2.45, 2.75) is 6.54 Å². The molecule has 0 bridgehead atoms. The number of hydrogen-bond donors (Lipinski definition) is 2. The highest BCUT2D eigenvalue weighted by Gasteiger charge is 2.00. The summed E-state index contributed by atoms with van der Waals surface area (Å²) in [5.74, 6) is 0.648. The molecule has 1 amide bonds. The first-order valence-corrected chi connectivity index (χ1v) is 3.67. The van der Waals surface area contributed by atoms with Gasteiger partial charge in [-0.3, -0.25) is 4.79 Å². The maximum Gasteiger partial charge on any atom is 0.234 e. The average molecular weight is 168 g/mol. The molecule has 0 aliphatic carbocycles. The van der Waals surface area contributed by atoms with Crippen LogP contribution in [0.3, 0.4) is 0 Å². The number of nitrogens with one attached hydrogen (secondary N) is 1. The first-order chi connectivity index (χ1) is 5.74. The van der Waals surface area contributed by atoms with Crippen LogP contribution in [-0.2, 0) is 18.4 Å². The summed E-state index contributed by atoms with van der Waals surface area (Å²) in [4.78, 5) is 14.8. The number of aryl methyl sites for hydroxylation is 1. The van der Waals surface area contributed by atoms with Crippen molar-refractivity contribution in [2.75, 3.05) is 6.54 Å². The van der Waals surface area contributed by atoms with Crippen LogP contribution < -0.4 is 11.1 Å². The number of amides is 1. The van der Waals surface area contributed by atoms with Crippen molar-refractivity contribution in [2.24, 2.45) is 12.8 Å². The molecule has 1 aromatic heterocycles. The highest BCUT2D eigenvalue weighted by Crippen LogP contribution is 1.91. The van der Waals surface area contributed by atoms with E-state index >= 15 is 0 Å². The van der Waals surface area contributed by atoms with Crippen LogP contribution in [-0.4, -0.2) is 22.0 Å². The molecule has 1 heterocycles. The van der Waals surface area contributed by atoms with Gasteiger partial charge >= 0.3 is 0 Å². The Kier molecular flexibility index (Phi) is 2.82. The molecule has 0 saturated heterocycles. The molecule has 0 spiro atoms. The fourth-order valence-corrected chi connectivity index (χ4v) is 0.817. The van der Waals surface area contributed by atoms with Gasteiger partial charge in [0.05, 0.1) is 13.1 Å². The lowest BCUT2D eigenvalue weighted by Crippen LogP contribution is -2.30. The Bertz CT molecular complexity index is 268. The lowest BCUT2D eigenvalue weighted by molar-refractivity contribution is -0.119. The molecule has 5 nitrogen and oxygen atoms in total. The first kappa shape index (κ1) is 8.73. The Balaban J connectivity index is 2.43. The van der Waals surface area contributed by atoms with Crippen LogP contribution in [0.2, 0.25) is 0 Å². The van der Waals surface area contributed by atoms with Gasteiger partial charge in [-0.05, 0) is 0 Å². The quantitative estimate of drug-likeness (QED) is 0.607. The van der Waals surface area contributed by atoms with Gasteiger partial charge in [0.1, 0.15) is 5.82 Å². The van der Waals surface area contributed by atoms with Gasteiger partial charge in [-0.15, -0.1) is 0 Å². The van der Waals surface area contributed by atoms with E-state index < -0.39 is 0 Å². The summed E-state index contributed by atoms with van der Waals surface area (Å²) in [5.41, 5.74) is 5.11. The van der Waals surface area contributed by atoms with Gasteiger partial charge in [0.2, 0.25) is 5.91 Å². The highest BCUT2D eigenvalue weighted by atomic mass is 16.1. The molecule has 5 heteroatoms. The van der Waals surface area contributed by atoms with E-state index in [1.807, 2.05) is 17.8 Å². The van der Waals surface area contributed by atoms with Crippen LogP contribution in [0.15, 0.2) is 12.4 Å². The largest absolute Gasteiger partial charge is 0.348 e. The van der Waals surface area contributed by atoms with E-state index in [-0.39, 0.29) is 12.5 Å². The number of nitrogens with two attached hydrogens (primary N) is 1. The van der Waals surface area contributed by atoms with Crippen molar-refractivity contribution in [1.29, 1.82) is 0 Å². The standard InChI is InChI=1S/C7H12N4O/c1-11-3-2-9-6(11)5-10-7(12)4-8/h2-3H,4-5,8H2,1H3,(H,10,12). The number of rotatable bonds is 3. The Hall–Kier alpha value is -1.36. The molecule has 0 unspecified atom stereocenters. The normalized spacial score (nSPS) is 9.83. The third kappa shape index (κ3) is 2.06. The average Bonchev–Trinajstić information content (AvgIpc) is 2.47. The molecule has 12 heavy (non-hydrogen) atoms. The second kappa shape index (κ2) is 3.87. The number of imidazole rings is 1. The maximum atomic E-state index is 10.7. The molecule has 1 aromatic rings. The minimum atomic E-state index is -0.169. The molecule has 0 aromatic carbocycles. The number of hydrogen-bond acceptors (Lipinski definition) is 3. The van der Waals surface area contributed by atoms with Crippen molar-refractivity contribution < 1.29 is 4.79 Å². The van der Waals surface area contributed by atoms with Crippen LogP contribution in [0.5, 0.6) is 0 Å². The van der Waals surface area contributed by atoms with Crippen molar-refractivity contribution in [3.05, 3.63) is 18.2 Å². The molecule has 1 rings (SSSR count). The predicted molar refractivity (Wildman–Crippen MR) is 44.1 cm³/mol. The molecule has 66 valence electrons. The van der Waals surface area contributed by atoms with Gasteiger partial charge in [0, 0.05) is 19.4 Å². The molecular weight excluding hydrogens is 156 g/mol. The molecule has 0 atom stereocenters. The van der Waals surface area contributed by atoms with E-state index in [0.29, 0.717) is 6.54 Å². The fourth-order valence-electron chi connectivity index (χ4n) is 0.817. The highest BCUT2D eigenvalue weighted by molar-refractivity contribution is 5.77. The van der Waals surface area contributed by atoms with Gasteiger partial charge in [-0.1, -0.05) is 0 Å². The van der Waals surface area contributed by atoms with Gasteiger partial charge in [-0.2, -0.15) is 0 Å². The molecule has 0 radical (unpaired) electrons. The minimum absolute atomic E-state index is 0.0183. The van der Waals surface area contributed by atoms with Crippen molar-refractivity contribution in [3.8, 4) is 0 Å². The Labute approximate surface area is 70.6 Å². The SMILES string of the molecule is Cn1ccnc1CNC(=O)CN. The van der Waals surface area contributed by atoms with E-state index in [2.05, 4.69) is 10.3 Å². The maximum absolute atomic E-state index is 10.7. The third-order valence-corrected chi connectivity index (χ3v) is 1.55. The number of carbonyl (C=O) groups is 1. The number of carbonyl (C=O) groups excluding carboxylic acids is 1. The van der Waals surface area contributed by atoms with Gasteiger partial charge in [0.25, 0.3) is 0 Å². The van der Waals surface area contributed by atoms with Crippen LogP contribution in [0, 0.1) is 0 Å².